The Morgan fingerprint density at radius 2 is 1.65 bits per heavy atom. The van der Waals surface area contributed by atoms with E-state index >= 15 is 4.39 Å². The van der Waals surface area contributed by atoms with Gasteiger partial charge in [0.25, 0.3) is 0 Å². The number of hydrogen-bond donors (Lipinski definition) is 3. The van der Waals surface area contributed by atoms with E-state index in [1.807, 2.05) is 35.2 Å². The minimum atomic E-state index is -3.54. The number of halogens is 2. The molecule has 1 atom stereocenters. The first-order valence-corrected chi connectivity index (χ1v) is 13.9. The quantitative estimate of drug-likeness (QED) is 0.328. The first-order valence-electron chi connectivity index (χ1n) is 12.4. The van der Waals surface area contributed by atoms with E-state index in [4.69, 9.17) is 0 Å². The fraction of sp³-hybridized carbons (Fsp3) is 0.321. The first-order chi connectivity index (χ1) is 17.7. The van der Waals surface area contributed by atoms with Gasteiger partial charge in [-0.05, 0) is 54.7 Å². The Morgan fingerprint density at radius 1 is 0.946 bits per heavy atom. The number of rotatable bonds is 4. The zero-order chi connectivity index (χ0) is 26.3. The van der Waals surface area contributed by atoms with Crippen molar-refractivity contribution in [3.05, 3.63) is 77.9 Å². The molecular formula is C28H30F2N2O4S. The number of nitrogens with zero attached hydrogens (tertiary/aromatic N) is 2. The van der Waals surface area contributed by atoms with Crippen LogP contribution < -0.4 is 4.90 Å². The minimum Gasteiger partial charge on any atom is -0.478 e. The molecule has 3 aromatic rings. The number of para-hydroxylation sites is 1. The van der Waals surface area contributed by atoms with E-state index in [1.54, 1.807) is 11.4 Å². The summed E-state index contributed by atoms with van der Waals surface area (Å²) in [5.41, 5.74) is 0.671. The number of carbonyl (C=O) groups is 1. The van der Waals surface area contributed by atoms with Crippen LogP contribution in [-0.2, 0) is 0 Å². The van der Waals surface area contributed by atoms with Crippen LogP contribution in [-0.4, -0.2) is 44.1 Å². The van der Waals surface area contributed by atoms with Crippen molar-refractivity contribution in [3.63, 3.8) is 0 Å². The van der Waals surface area contributed by atoms with Crippen LogP contribution in [0.5, 0.6) is 0 Å². The number of aromatic carboxylic acids is 1. The van der Waals surface area contributed by atoms with Gasteiger partial charge in [0.15, 0.2) is 0 Å². The van der Waals surface area contributed by atoms with Gasteiger partial charge in [-0.25, -0.2) is 13.6 Å². The van der Waals surface area contributed by atoms with E-state index in [2.05, 4.69) is 0 Å². The second kappa shape index (κ2) is 10.1. The summed E-state index contributed by atoms with van der Waals surface area (Å²) in [6.07, 6.45) is 5.30. The van der Waals surface area contributed by atoms with Crippen LogP contribution in [0.15, 0.2) is 65.6 Å². The molecule has 5 rings (SSSR count). The van der Waals surface area contributed by atoms with Gasteiger partial charge in [0.05, 0.1) is 16.1 Å². The molecule has 1 aliphatic heterocycles. The average Bonchev–Trinajstić information content (AvgIpc) is 2.97. The third-order valence-electron chi connectivity index (χ3n) is 7.64. The maximum atomic E-state index is 15.7. The molecule has 0 spiro atoms. The Kier molecular flexibility index (Phi) is 6.97. The van der Waals surface area contributed by atoms with Crippen molar-refractivity contribution in [1.29, 1.82) is 0 Å². The molecule has 0 bridgehead atoms. The molecule has 9 heteroatoms. The highest BCUT2D eigenvalue weighted by Gasteiger charge is 2.41. The van der Waals surface area contributed by atoms with Gasteiger partial charge in [0.1, 0.15) is 11.6 Å². The number of carboxylic acid groups (broad SMARTS) is 1. The van der Waals surface area contributed by atoms with Crippen LogP contribution in [0.2, 0.25) is 0 Å². The van der Waals surface area contributed by atoms with Gasteiger partial charge in [-0.1, -0.05) is 43.5 Å². The second-order valence-corrected chi connectivity index (χ2v) is 11.8. The summed E-state index contributed by atoms with van der Waals surface area (Å²) in [5.74, 6) is -2.81. The van der Waals surface area contributed by atoms with Gasteiger partial charge < -0.3 is 10.0 Å². The summed E-state index contributed by atoms with van der Waals surface area (Å²) in [7, 11) is -1.84. The van der Waals surface area contributed by atoms with Crippen molar-refractivity contribution in [2.75, 3.05) is 18.5 Å². The highest BCUT2D eigenvalue weighted by molar-refractivity contribution is 8.22. The largest absolute Gasteiger partial charge is 0.478 e. The van der Waals surface area contributed by atoms with Crippen molar-refractivity contribution in [1.82, 2.24) is 4.31 Å². The van der Waals surface area contributed by atoms with Crippen molar-refractivity contribution >= 4 is 28.1 Å². The molecule has 196 valence electrons. The Balaban J connectivity index is 1.69. The molecule has 0 amide bonds. The van der Waals surface area contributed by atoms with Crippen LogP contribution in [0, 0.1) is 17.6 Å². The molecule has 1 saturated carbocycles. The van der Waals surface area contributed by atoms with Crippen molar-refractivity contribution in [2.45, 2.75) is 43.0 Å². The van der Waals surface area contributed by atoms with Gasteiger partial charge in [-0.3, -0.25) is 9.11 Å². The highest BCUT2D eigenvalue weighted by atomic mass is 32.3. The third kappa shape index (κ3) is 4.72. The van der Waals surface area contributed by atoms with Gasteiger partial charge in [0, 0.05) is 37.0 Å². The lowest BCUT2D eigenvalue weighted by Crippen LogP contribution is -2.45. The van der Waals surface area contributed by atoms with Crippen molar-refractivity contribution in [2.24, 2.45) is 5.92 Å². The van der Waals surface area contributed by atoms with Crippen LogP contribution >= 0.6 is 10.8 Å². The van der Waals surface area contributed by atoms with Gasteiger partial charge in [0.2, 0.25) is 0 Å². The summed E-state index contributed by atoms with van der Waals surface area (Å²) >= 11 is 0. The lowest BCUT2D eigenvalue weighted by Gasteiger charge is -2.46. The monoisotopic (exact) mass is 528 g/mol. The summed E-state index contributed by atoms with van der Waals surface area (Å²) in [6.45, 7) is 0.451. The number of fused-ring (bicyclic) bond motifs is 1. The Labute approximate surface area is 216 Å². The fourth-order valence-corrected chi connectivity index (χ4v) is 7.27. The number of hydrogen-bond acceptors (Lipinski definition) is 5. The maximum absolute atomic E-state index is 15.7. The SMILES string of the molecule is CN1C(C2CCCCC2)CN(c2ccccc2)c2cc(F)c(-c3ccc(F)c(C(=O)O)c3)cc2S1(O)O. The number of carboxylic acids is 1. The van der Waals surface area contributed by atoms with E-state index in [9.17, 15) is 23.4 Å². The third-order valence-corrected chi connectivity index (χ3v) is 9.63. The lowest BCUT2D eigenvalue weighted by atomic mass is 9.83. The summed E-state index contributed by atoms with van der Waals surface area (Å²) < 4.78 is 54.7. The predicted octanol–water partition coefficient (Wildman–Crippen LogP) is 7.39. The molecule has 1 fully saturated rings. The van der Waals surface area contributed by atoms with Crippen LogP contribution in [0.3, 0.4) is 0 Å². The Hall–Kier alpha value is -2.98. The first kappa shape index (κ1) is 25.7. The smallest absolute Gasteiger partial charge is 0.338 e. The van der Waals surface area contributed by atoms with Gasteiger partial charge >= 0.3 is 5.97 Å². The Bertz CT molecular complexity index is 1320. The van der Waals surface area contributed by atoms with Crippen LogP contribution in [0.4, 0.5) is 20.2 Å². The zero-order valence-electron chi connectivity index (χ0n) is 20.5. The summed E-state index contributed by atoms with van der Waals surface area (Å²) in [4.78, 5) is 13.6. The van der Waals surface area contributed by atoms with Crippen LogP contribution in [0.1, 0.15) is 42.5 Å². The number of benzene rings is 3. The number of likely N-dealkylation sites (N-methyl/N-ethyl adjacent to an activating group) is 1. The summed E-state index contributed by atoms with van der Waals surface area (Å²) in [6, 6.07) is 15.3. The maximum Gasteiger partial charge on any atom is 0.338 e. The van der Waals surface area contributed by atoms with E-state index in [0.29, 0.717) is 12.2 Å². The Morgan fingerprint density at radius 3 is 2.32 bits per heavy atom. The molecular weight excluding hydrogens is 498 g/mol. The molecule has 37 heavy (non-hydrogen) atoms. The predicted molar refractivity (Wildman–Crippen MR) is 141 cm³/mol. The molecule has 3 N–H and O–H groups in total. The molecule has 3 aromatic carbocycles. The van der Waals surface area contributed by atoms with Gasteiger partial charge in [-0.15, -0.1) is 10.8 Å². The molecule has 1 aliphatic carbocycles. The normalized spacial score (nSPS) is 21.2. The molecule has 0 saturated heterocycles. The lowest BCUT2D eigenvalue weighted by molar-refractivity contribution is 0.0692. The van der Waals surface area contributed by atoms with E-state index in [-0.39, 0.29) is 28.0 Å². The molecule has 0 aromatic heterocycles. The van der Waals surface area contributed by atoms with Crippen LogP contribution in [0.25, 0.3) is 11.1 Å². The molecule has 2 aliphatic rings. The molecule has 6 nitrogen and oxygen atoms in total. The molecule has 1 unspecified atom stereocenters. The highest BCUT2D eigenvalue weighted by Crippen LogP contribution is 2.60. The van der Waals surface area contributed by atoms with E-state index < -0.39 is 33.9 Å². The van der Waals surface area contributed by atoms with E-state index in [0.717, 1.165) is 49.9 Å². The molecule has 1 heterocycles. The summed E-state index contributed by atoms with van der Waals surface area (Å²) in [5, 5.41) is 9.34. The van der Waals surface area contributed by atoms with E-state index in [1.165, 1.54) is 18.2 Å². The fourth-order valence-electron chi connectivity index (χ4n) is 5.61. The number of anilines is 2. The van der Waals surface area contributed by atoms with Crippen molar-refractivity contribution < 1.29 is 27.8 Å². The average molecular weight is 529 g/mol. The minimum absolute atomic E-state index is 0.0289. The zero-order valence-corrected chi connectivity index (χ0v) is 21.3. The molecule has 0 radical (unpaired) electrons. The standard InChI is InChI=1S/C28H30F2N2O4S/c1-31-26(18-8-4-2-5-9-18)17-32(20-10-6-3-7-11-20)25-16-24(30)21(15-27(25)37(31,35)36)19-12-13-23(29)22(14-19)28(33)34/h3,6-7,10-16,18,26,35-36H,2,4-5,8-9,17H2,1H3,(H,33,34). The van der Waals surface area contributed by atoms with Gasteiger partial charge in [-0.2, -0.15) is 4.31 Å². The second-order valence-electron chi connectivity index (χ2n) is 9.78. The van der Waals surface area contributed by atoms with Crippen molar-refractivity contribution in [3.8, 4) is 11.1 Å². The topological polar surface area (TPSA) is 84.2 Å².